The third kappa shape index (κ3) is 3.05. The van der Waals surface area contributed by atoms with Crippen LogP contribution in [0.25, 0.3) is 0 Å². The Morgan fingerprint density at radius 2 is 1.67 bits per heavy atom. The van der Waals surface area contributed by atoms with Crippen molar-refractivity contribution < 1.29 is 5.11 Å². The summed E-state index contributed by atoms with van der Waals surface area (Å²) < 4.78 is 1.06. The third-order valence-electron chi connectivity index (χ3n) is 3.11. The van der Waals surface area contributed by atoms with Crippen LogP contribution < -0.4 is 0 Å². The molecule has 1 rings (SSSR count). The Balaban J connectivity index is 2.92. The summed E-state index contributed by atoms with van der Waals surface area (Å²) in [6.07, 6.45) is 0.665. The van der Waals surface area contributed by atoms with Crippen LogP contribution in [-0.2, 0) is 6.42 Å². The molecular formula is C13H19BrO. The van der Waals surface area contributed by atoms with E-state index in [4.69, 9.17) is 0 Å². The molecule has 0 heterocycles. The van der Waals surface area contributed by atoms with Gasteiger partial charge in [-0.1, -0.05) is 54.9 Å². The molecular weight excluding hydrogens is 252 g/mol. The fourth-order valence-corrected chi connectivity index (χ4v) is 1.70. The molecule has 1 N–H and O–H groups in total. The van der Waals surface area contributed by atoms with Gasteiger partial charge in [0.05, 0.1) is 5.60 Å². The molecule has 0 radical (unpaired) electrons. The van der Waals surface area contributed by atoms with Crippen molar-refractivity contribution >= 4 is 15.9 Å². The van der Waals surface area contributed by atoms with Crippen LogP contribution >= 0.6 is 15.9 Å². The molecule has 0 saturated heterocycles. The van der Waals surface area contributed by atoms with Gasteiger partial charge in [0.25, 0.3) is 0 Å². The van der Waals surface area contributed by atoms with Gasteiger partial charge < -0.3 is 5.11 Å². The molecule has 0 fully saturated rings. The molecule has 0 spiro atoms. The summed E-state index contributed by atoms with van der Waals surface area (Å²) in [5.74, 6) is 0. The fourth-order valence-electron chi connectivity index (χ4n) is 1.28. The topological polar surface area (TPSA) is 20.2 Å². The van der Waals surface area contributed by atoms with Gasteiger partial charge in [0.1, 0.15) is 0 Å². The fraction of sp³-hybridized carbons (Fsp3) is 0.538. The van der Waals surface area contributed by atoms with E-state index in [1.165, 1.54) is 0 Å². The van der Waals surface area contributed by atoms with E-state index in [9.17, 15) is 5.11 Å². The van der Waals surface area contributed by atoms with E-state index in [-0.39, 0.29) is 5.41 Å². The maximum atomic E-state index is 10.4. The molecule has 0 amide bonds. The highest BCUT2D eigenvalue weighted by atomic mass is 79.9. The lowest BCUT2D eigenvalue weighted by molar-refractivity contribution is -0.0406. The molecule has 84 valence electrons. The van der Waals surface area contributed by atoms with Crippen LogP contribution in [0.1, 0.15) is 33.3 Å². The third-order valence-corrected chi connectivity index (χ3v) is 3.88. The van der Waals surface area contributed by atoms with Gasteiger partial charge in [0, 0.05) is 10.9 Å². The molecule has 2 heteroatoms. The first-order valence-corrected chi connectivity index (χ1v) is 5.99. The molecule has 1 unspecified atom stereocenters. The van der Waals surface area contributed by atoms with Gasteiger partial charge in [0.15, 0.2) is 0 Å². The normalized spacial score (nSPS) is 16.1. The molecule has 0 saturated carbocycles. The van der Waals surface area contributed by atoms with Gasteiger partial charge >= 0.3 is 0 Å². The second-order valence-electron chi connectivity index (χ2n) is 5.29. The first-order valence-electron chi connectivity index (χ1n) is 5.20. The van der Waals surface area contributed by atoms with Crippen LogP contribution in [0.2, 0.25) is 0 Å². The van der Waals surface area contributed by atoms with Crippen LogP contribution in [0, 0.1) is 5.41 Å². The van der Waals surface area contributed by atoms with Crippen LogP contribution in [-0.4, -0.2) is 10.7 Å². The SMILES string of the molecule is CC(C)(C)C(C)(O)Cc1ccccc1Br. The minimum atomic E-state index is -0.698. The first kappa shape index (κ1) is 12.7. The van der Waals surface area contributed by atoms with Crippen molar-refractivity contribution in [2.45, 2.75) is 39.7 Å². The summed E-state index contributed by atoms with van der Waals surface area (Å²) in [6, 6.07) is 8.04. The van der Waals surface area contributed by atoms with Crippen molar-refractivity contribution in [3.05, 3.63) is 34.3 Å². The zero-order valence-corrected chi connectivity index (χ0v) is 11.4. The van der Waals surface area contributed by atoms with Crippen molar-refractivity contribution in [3.63, 3.8) is 0 Å². The Hall–Kier alpha value is -0.340. The Labute approximate surface area is 101 Å². The second-order valence-corrected chi connectivity index (χ2v) is 6.15. The summed E-state index contributed by atoms with van der Waals surface area (Å²) in [5.41, 5.74) is 0.330. The second kappa shape index (κ2) is 4.26. The predicted octanol–water partition coefficient (Wildman–Crippen LogP) is 3.79. The van der Waals surface area contributed by atoms with Gasteiger partial charge in [-0.15, -0.1) is 0 Å². The van der Waals surface area contributed by atoms with Crippen LogP contribution in [0.15, 0.2) is 28.7 Å². The average molecular weight is 271 g/mol. The number of hydrogen-bond donors (Lipinski definition) is 1. The van der Waals surface area contributed by atoms with Crippen molar-refractivity contribution in [3.8, 4) is 0 Å². The van der Waals surface area contributed by atoms with Gasteiger partial charge in [-0.05, 0) is 24.0 Å². The minimum Gasteiger partial charge on any atom is -0.389 e. The highest BCUT2D eigenvalue weighted by Gasteiger charge is 2.35. The summed E-state index contributed by atoms with van der Waals surface area (Å²) in [6.45, 7) is 8.07. The molecule has 1 nitrogen and oxygen atoms in total. The summed E-state index contributed by atoms with van der Waals surface area (Å²) >= 11 is 3.50. The van der Waals surface area contributed by atoms with E-state index in [1.807, 2.05) is 31.2 Å². The number of rotatable bonds is 2. The molecule has 0 aromatic heterocycles. The largest absolute Gasteiger partial charge is 0.389 e. The average Bonchev–Trinajstić information content (AvgIpc) is 2.06. The molecule has 0 bridgehead atoms. The number of halogens is 1. The highest BCUT2D eigenvalue weighted by Crippen LogP contribution is 2.34. The Morgan fingerprint density at radius 1 is 1.13 bits per heavy atom. The lowest BCUT2D eigenvalue weighted by atomic mass is 9.74. The van der Waals surface area contributed by atoms with E-state index >= 15 is 0 Å². The molecule has 1 atom stereocenters. The van der Waals surface area contributed by atoms with Crippen molar-refractivity contribution in [2.75, 3.05) is 0 Å². The summed E-state index contributed by atoms with van der Waals surface area (Å²) in [7, 11) is 0. The van der Waals surface area contributed by atoms with E-state index < -0.39 is 5.60 Å². The van der Waals surface area contributed by atoms with Crippen molar-refractivity contribution in [1.82, 2.24) is 0 Å². The molecule has 1 aromatic carbocycles. The molecule has 1 aromatic rings. The van der Waals surface area contributed by atoms with E-state index in [2.05, 4.69) is 36.7 Å². The molecule has 15 heavy (non-hydrogen) atoms. The number of hydrogen-bond acceptors (Lipinski definition) is 1. The van der Waals surface area contributed by atoms with E-state index in [0.717, 1.165) is 10.0 Å². The lowest BCUT2D eigenvalue weighted by Crippen LogP contribution is -2.41. The van der Waals surface area contributed by atoms with Gasteiger partial charge in [-0.25, -0.2) is 0 Å². The van der Waals surface area contributed by atoms with Crippen LogP contribution in [0.3, 0.4) is 0 Å². The maximum Gasteiger partial charge on any atom is 0.0708 e. The van der Waals surface area contributed by atoms with Crippen LogP contribution in [0.5, 0.6) is 0 Å². The smallest absolute Gasteiger partial charge is 0.0708 e. The van der Waals surface area contributed by atoms with Crippen molar-refractivity contribution in [2.24, 2.45) is 5.41 Å². The quantitative estimate of drug-likeness (QED) is 0.867. The van der Waals surface area contributed by atoms with Gasteiger partial charge in [-0.2, -0.15) is 0 Å². The van der Waals surface area contributed by atoms with E-state index in [1.54, 1.807) is 0 Å². The van der Waals surface area contributed by atoms with E-state index in [0.29, 0.717) is 6.42 Å². The summed E-state index contributed by atoms with van der Waals surface area (Å²) in [4.78, 5) is 0. The number of aliphatic hydroxyl groups is 1. The Bertz CT molecular complexity index is 337. The predicted molar refractivity (Wildman–Crippen MR) is 67.9 cm³/mol. The monoisotopic (exact) mass is 270 g/mol. The van der Waals surface area contributed by atoms with Crippen LogP contribution in [0.4, 0.5) is 0 Å². The highest BCUT2D eigenvalue weighted by molar-refractivity contribution is 9.10. The zero-order valence-electron chi connectivity index (χ0n) is 9.84. The Morgan fingerprint density at radius 3 is 2.13 bits per heavy atom. The number of benzene rings is 1. The van der Waals surface area contributed by atoms with Gasteiger partial charge in [-0.3, -0.25) is 0 Å². The van der Waals surface area contributed by atoms with Crippen molar-refractivity contribution in [1.29, 1.82) is 0 Å². The maximum absolute atomic E-state index is 10.4. The standard InChI is InChI=1S/C13H19BrO/c1-12(2,3)13(4,15)9-10-7-5-6-8-11(10)14/h5-8,15H,9H2,1-4H3. The molecule has 0 aliphatic carbocycles. The lowest BCUT2D eigenvalue weighted by Gasteiger charge is -2.37. The zero-order chi connectivity index (χ0) is 11.7. The molecule has 0 aliphatic rings. The van der Waals surface area contributed by atoms with Gasteiger partial charge in [0.2, 0.25) is 0 Å². The minimum absolute atomic E-state index is 0.123. The molecule has 0 aliphatic heterocycles. The first-order chi connectivity index (χ1) is 6.74. The summed E-state index contributed by atoms with van der Waals surface area (Å²) in [5, 5.41) is 10.4. The Kier molecular flexibility index (Phi) is 3.62.